The SMILES string of the molecule is C=C1CC(=O)C(c2cc(Cl)c(OC3=NCC(=O)C(C(C)C)=C3)c(Cl)c2)=NN1C. The lowest BCUT2D eigenvalue weighted by molar-refractivity contribution is -0.115. The Labute approximate surface area is 173 Å². The summed E-state index contributed by atoms with van der Waals surface area (Å²) in [6.45, 7) is 7.67. The van der Waals surface area contributed by atoms with E-state index in [1.165, 1.54) is 0 Å². The van der Waals surface area contributed by atoms with Crippen LogP contribution in [0.1, 0.15) is 25.8 Å². The van der Waals surface area contributed by atoms with Gasteiger partial charge in [0.1, 0.15) is 12.3 Å². The zero-order valence-electron chi connectivity index (χ0n) is 15.8. The van der Waals surface area contributed by atoms with E-state index < -0.39 is 0 Å². The number of ether oxygens (including phenoxy) is 1. The molecule has 0 aliphatic carbocycles. The number of carbonyl (C=O) groups is 2. The lowest BCUT2D eigenvalue weighted by Gasteiger charge is -2.23. The molecule has 0 aromatic heterocycles. The summed E-state index contributed by atoms with van der Waals surface area (Å²) >= 11 is 12.7. The highest BCUT2D eigenvalue weighted by Gasteiger charge is 2.25. The number of halogens is 2. The second-order valence-electron chi connectivity index (χ2n) is 6.84. The van der Waals surface area contributed by atoms with Gasteiger partial charge in [-0.1, -0.05) is 43.6 Å². The molecule has 0 radical (unpaired) electrons. The first-order chi connectivity index (χ1) is 13.2. The molecule has 0 amide bonds. The van der Waals surface area contributed by atoms with Crippen molar-refractivity contribution in [3.8, 4) is 5.75 Å². The average molecular weight is 420 g/mol. The van der Waals surface area contributed by atoms with Gasteiger partial charge in [-0.25, -0.2) is 4.99 Å². The molecule has 1 aromatic carbocycles. The molecule has 146 valence electrons. The van der Waals surface area contributed by atoms with E-state index in [-0.39, 0.29) is 57.9 Å². The van der Waals surface area contributed by atoms with Gasteiger partial charge in [-0.15, -0.1) is 0 Å². The molecular weight excluding hydrogens is 401 g/mol. The maximum Gasteiger partial charge on any atom is 0.215 e. The molecule has 0 N–H and O–H groups in total. The number of hydrogen-bond acceptors (Lipinski definition) is 6. The highest BCUT2D eigenvalue weighted by molar-refractivity contribution is 6.48. The summed E-state index contributed by atoms with van der Waals surface area (Å²) in [5, 5.41) is 6.23. The summed E-state index contributed by atoms with van der Waals surface area (Å²) in [5.74, 6) is 0.332. The van der Waals surface area contributed by atoms with Gasteiger partial charge in [-0.3, -0.25) is 14.6 Å². The van der Waals surface area contributed by atoms with Gasteiger partial charge in [0.05, 0.1) is 16.5 Å². The Morgan fingerprint density at radius 3 is 2.43 bits per heavy atom. The number of aliphatic imine (C=N–C) groups is 1. The summed E-state index contributed by atoms with van der Waals surface area (Å²) in [6.07, 6.45) is 1.78. The van der Waals surface area contributed by atoms with Crippen molar-refractivity contribution in [2.75, 3.05) is 13.6 Å². The molecule has 0 saturated heterocycles. The van der Waals surface area contributed by atoms with E-state index >= 15 is 0 Å². The molecule has 2 heterocycles. The summed E-state index contributed by atoms with van der Waals surface area (Å²) < 4.78 is 5.76. The van der Waals surface area contributed by atoms with E-state index in [0.29, 0.717) is 16.8 Å². The van der Waals surface area contributed by atoms with Gasteiger partial charge in [-0.05, 0) is 18.1 Å². The molecule has 6 nitrogen and oxygen atoms in total. The Balaban J connectivity index is 1.92. The van der Waals surface area contributed by atoms with Crippen LogP contribution < -0.4 is 4.74 Å². The van der Waals surface area contributed by atoms with Crippen LogP contribution in [-0.2, 0) is 9.59 Å². The van der Waals surface area contributed by atoms with Gasteiger partial charge in [0.25, 0.3) is 0 Å². The van der Waals surface area contributed by atoms with Crippen LogP contribution in [-0.4, -0.2) is 41.8 Å². The van der Waals surface area contributed by atoms with Crippen LogP contribution in [0.25, 0.3) is 0 Å². The van der Waals surface area contributed by atoms with Crippen LogP contribution in [0.2, 0.25) is 10.0 Å². The third-order valence-corrected chi connectivity index (χ3v) is 4.98. The minimum absolute atomic E-state index is 0.0220. The van der Waals surface area contributed by atoms with Crippen LogP contribution >= 0.6 is 23.2 Å². The molecule has 0 saturated carbocycles. The smallest absolute Gasteiger partial charge is 0.215 e. The number of allylic oxidation sites excluding steroid dienone is 1. The van der Waals surface area contributed by atoms with Crippen molar-refractivity contribution in [3.63, 3.8) is 0 Å². The molecule has 2 aliphatic rings. The van der Waals surface area contributed by atoms with Crippen LogP contribution in [0.15, 0.2) is 46.2 Å². The van der Waals surface area contributed by atoms with Crippen LogP contribution in [0, 0.1) is 5.92 Å². The fraction of sp³-hybridized carbons (Fsp3) is 0.300. The first-order valence-electron chi connectivity index (χ1n) is 8.67. The summed E-state index contributed by atoms with van der Waals surface area (Å²) in [4.78, 5) is 28.4. The van der Waals surface area contributed by atoms with Gasteiger partial charge in [-0.2, -0.15) is 5.10 Å². The number of carbonyl (C=O) groups excluding carboxylic acids is 2. The van der Waals surface area contributed by atoms with E-state index in [4.69, 9.17) is 27.9 Å². The predicted molar refractivity (Wildman–Crippen MR) is 110 cm³/mol. The summed E-state index contributed by atoms with van der Waals surface area (Å²) in [7, 11) is 1.72. The topological polar surface area (TPSA) is 71.3 Å². The summed E-state index contributed by atoms with van der Waals surface area (Å²) in [6, 6.07) is 3.14. The largest absolute Gasteiger partial charge is 0.436 e. The molecule has 3 rings (SSSR count). The highest BCUT2D eigenvalue weighted by atomic mass is 35.5. The third kappa shape index (κ3) is 4.03. The summed E-state index contributed by atoms with van der Waals surface area (Å²) in [5.41, 5.74) is 2.00. The Kier molecular flexibility index (Phi) is 5.72. The zero-order chi connectivity index (χ0) is 20.6. The molecule has 28 heavy (non-hydrogen) atoms. The van der Waals surface area contributed by atoms with Crippen LogP contribution in [0.3, 0.4) is 0 Å². The van der Waals surface area contributed by atoms with Crippen molar-refractivity contribution in [1.82, 2.24) is 5.01 Å². The molecule has 1 aromatic rings. The van der Waals surface area contributed by atoms with Gasteiger partial charge in [0, 0.05) is 30.0 Å². The molecule has 0 bridgehead atoms. The van der Waals surface area contributed by atoms with E-state index in [1.807, 2.05) is 13.8 Å². The highest BCUT2D eigenvalue weighted by Crippen LogP contribution is 2.36. The maximum atomic E-state index is 12.3. The molecule has 0 fully saturated rings. The number of nitrogens with zero attached hydrogens (tertiary/aromatic N) is 3. The number of hydrogen-bond donors (Lipinski definition) is 0. The molecule has 0 spiro atoms. The second-order valence-corrected chi connectivity index (χ2v) is 7.66. The van der Waals surface area contributed by atoms with Gasteiger partial charge < -0.3 is 4.74 Å². The van der Waals surface area contributed by atoms with Gasteiger partial charge in [0.15, 0.2) is 17.3 Å². The fourth-order valence-corrected chi connectivity index (χ4v) is 3.39. The van der Waals surface area contributed by atoms with Crippen molar-refractivity contribution in [1.29, 1.82) is 0 Å². The Morgan fingerprint density at radius 2 is 1.82 bits per heavy atom. The quantitative estimate of drug-likeness (QED) is 0.740. The van der Waals surface area contributed by atoms with E-state index in [1.54, 1.807) is 30.3 Å². The number of benzene rings is 1. The van der Waals surface area contributed by atoms with Crippen molar-refractivity contribution in [2.24, 2.45) is 16.0 Å². The Morgan fingerprint density at radius 1 is 1.18 bits per heavy atom. The van der Waals surface area contributed by atoms with Crippen LogP contribution in [0.4, 0.5) is 0 Å². The fourth-order valence-electron chi connectivity index (χ4n) is 2.83. The maximum absolute atomic E-state index is 12.3. The number of rotatable bonds is 3. The minimum atomic E-state index is -0.163. The first-order valence-corrected chi connectivity index (χ1v) is 9.42. The monoisotopic (exact) mass is 419 g/mol. The minimum Gasteiger partial charge on any atom is -0.436 e. The lowest BCUT2D eigenvalue weighted by atomic mass is 9.97. The number of ketones is 2. The van der Waals surface area contributed by atoms with Crippen molar-refractivity contribution < 1.29 is 14.3 Å². The molecule has 8 heteroatoms. The lowest BCUT2D eigenvalue weighted by Crippen LogP contribution is -2.28. The number of Topliss-reactive ketones (excluding diaryl/α,β-unsaturated/α-hetero) is 2. The molecule has 2 aliphatic heterocycles. The van der Waals surface area contributed by atoms with E-state index in [0.717, 1.165) is 0 Å². The number of hydrazone groups is 1. The van der Waals surface area contributed by atoms with Crippen molar-refractivity contribution in [2.45, 2.75) is 20.3 Å². The van der Waals surface area contributed by atoms with Gasteiger partial charge >= 0.3 is 0 Å². The number of dihydropyridines is 1. The molecule has 0 atom stereocenters. The standard InChI is InChI=1S/C20H19Cl2N3O3/c1-10(2)13-8-18(23-9-17(13)27)28-20-14(21)6-12(7-15(20)22)19-16(26)5-11(3)25(4)24-19/h6-8,10H,3,5,9H2,1-2,4H3. The van der Waals surface area contributed by atoms with Crippen molar-refractivity contribution in [3.05, 3.63) is 51.7 Å². The molecular formula is C20H19Cl2N3O3. The van der Waals surface area contributed by atoms with Crippen LogP contribution in [0.5, 0.6) is 5.75 Å². The Bertz CT molecular complexity index is 954. The van der Waals surface area contributed by atoms with Gasteiger partial charge in [0.2, 0.25) is 5.90 Å². The predicted octanol–water partition coefficient (Wildman–Crippen LogP) is 4.06. The first kappa shape index (κ1) is 20.3. The second kappa shape index (κ2) is 7.89. The van der Waals surface area contributed by atoms with E-state index in [2.05, 4.69) is 16.7 Å². The Hall–Kier alpha value is -2.44. The normalized spacial score (nSPS) is 17.6. The van der Waals surface area contributed by atoms with Crippen molar-refractivity contribution >= 4 is 46.4 Å². The zero-order valence-corrected chi connectivity index (χ0v) is 17.3. The molecule has 0 unspecified atom stereocenters. The average Bonchev–Trinajstić information content (AvgIpc) is 2.62. The third-order valence-electron chi connectivity index (χ3n) is 4.42. The van der Waals surface area contributed by atoms with E-state index in [9.17, 15) is 9.59 Å².